The third-order valence-corrected chi connectivity index (χ3v) is 5.97. The Labute approximate surface area is 164 Å². The Balaban J connectivity index is 2.05. The number of piperidine rings is 1. The minimum absolute atomic E-state index is 0.0826. The van der Waals surface area contributed by atoms with Crippen LogP contribution < -0.4 is 5.56 Å². The highest BCUT2D eigenvalue weighted by Crippen LogP contribution is 2.30. The zero-order valence-electron chi connectivity index (χ0n) is 16.4. The molecule has 2 heterocycles. The molecular weight excluding hydrogens is 356 g/mol. The van der Waals surface area contributed by atoms with E-state index in [4.69, 9.17) is 0 Å². The van der Waals surface area contributed by atoms with Crippen LogP contribution >= 0.6 is 11.8 Å². The quantitative estimate of drug-likeness (QED) is 0.642. The van der Waals surface area contributed by atoms with Crippen molar-refractivity contribution < 1.29 is 0 Å². The molecule has 2 aromatic rings. The van der Waals surface area contributed by atoms with Crippen LogP contribution in [0.1, 0.15) is 42.0 Å². The number of H-pyrrole nitrogens is 1. The highest BCUT2D eigenvalue weighted by molar-refractivity contribution is 7.98. The Morgan fingerprint density at radius 2 is 2.04 bits per heavy atom. The van der Waals surface area contributed by atoms with Crippen molar-refractivity contribution >= 4 is 11.8 Å². The zero-order valence-corrected chi connectivity index (χ0v) is 17.2. The second-order valence-corrected chi connectivity index (χ2v) is 8.26. The number of aromatic amines is 1. The van der Waals surface area contributed by atoms with Gasteiger partial charge < -0.3 is 4.98 Å². The van der Waals surface area contributed by atoms with Crippen LogP contribution in [0.5, 0.6) is 0 Å². The van der Waals surface area contributed by atoms with Crippen molar-refractivity contribution in [1.82, 2.24) is 14.9 Å². The minimum atomic E-state index is -0.376. The van der Waals surface area contributed by atoms with E-state index in [2.05, 4.69) is 41.7 Å². The Hall–Kier alpha value is -2.10. The van der Waals surface area contributed by atoms with E-state index in [1.54, 1.807) is 0 Å². The van der Waals surface area contributed by atoms with Crippen LogP contribution in [0.15, 0.2) is 22.1 Å². The molecule has 1 saturated heterocycles. The van der Waals surface area contributed by atoms with Gasteiger partial charge >= 0.3 is 0 Å². The third-order valence-electron chi connectivity index (χ3n) is 5.39. The maximum absolute atomic E-state index is 12.3. The van der Waals surface area contributed by atoms with E-state index in [0.717, 1.165) is 42.2 Å². The van der Waals surface area contributed by atoms with Gasteiger partial charge in [-0.05, 0) is 69.1 Å². The zero-order chi connectivity index (χ0) is 19.6. The maximum Gasteiger partial charge on any atom is 0.270 e. The van der Waals surface area contributed by atoms with Crippen molar-refractivity contribution in [2.24, 2.45) is 5.92 Å². The van der Waals surface area contributed by atoms with Gasteiger partial charge in [-0.15, -0.1) is 0 Å². The Bertz CT molecular complexity index is 936. The molecule has 0 saturated carbocycles. The Kier molecular flexibility index (Phi) is 6.03. The van der Waals surface area contributed by atoms with Gasteiger partial charge in [0.05, 0.1) is 5.69 Å². The van der Waals surface area contributed by atoms with Crippen molar-refractivity contribution in [1.29, 1.82) is 5.26 Å². The average molecular weight is 383 g/mol. The third kappa shape index (κ3) is 4.26. The fraction of sp³-hybridized carbons (Fsp3) is 0.476. The van der Waals surface area contributed by atoms with Gasteiger partial charge in [-0.2, -0.15) is 5.26 Å². The van der Waals surface area contributed by atoms with Gasteiger partial charge in [-0.1, -0.05) is 30.3 Å². The van der Waals surface area contributed by atoms with Crippen LogP contribution in [0.4, 0.5) is 0 Å². The summed E-state index contributed by atoms with van der Waals surface area (Å²) in [6, 6.07) is 6.29. The molecule has 0 bridgehead atoms. The van der Waals surface area contributed by atoms with E-state index in [1.807, 2.05) is 18.4 Å². The first kappa shape index (κ1) is 19.7. The molecule has 0 spiro atoms. The van der Waals surface area contributed by atoms with Crippen molar-refractivity contribution in [2.45, 2.75) is 45.3 Å². The van der Waals surface area contributed by atoms with Crippen LogP contribution in [0.3, 0.4) is 0 Å². The molecular formula is C21H26N4OS. The smallest absolute Gasteiger partial charge is 0.270 e. The molecule has 1 N–H and O–H groups in total. The van der Waals surface area contributed by atoms with Crippen molar-refractivity contribution in [3.8, 4) is 17.3 Å². The number of aryl methyl sites for hydroxylation is 1. The van der Waals surface area contributed by atoms with Crippen LogP contribution in [0.25, 0.3) is 11.3 Å². The lowest BCUT2D eigenvalue weighted by molar-refractivity contribution is 0.185. The standard InChI is InChI=1S/C21H26N4OS/c1-13-5-7-25(8-6-13)12-16-9-14(2)10-17(15(16)3)19-18(11-22)20(26)24-21(23-19)27-4/h9-10,13H,5-8,12H2,1-4H3,(H,23,24,26). The second kappa shape index (κ2) is 8.28. The van der Waals surface area contributed by atoms with E-state index in [1.165, 1.54) is 30.2 Å². The van der Waals surface area contributed by atoms with Gasteiger partial charge in [-0.25, -0.2) is 4.98 Å². The monoisotopic (exact) mass is 382 g/mol. The van der Waals surface area contributed by atoms with Gasteiger partial charge in [0, 0.05) is 12.1 Å². The second-order valence-electron chi connectivity index (χ2n) is 7.47. The lowest BCUT2D eigenvalue weighted by Crippen LogP contribution is -2.32. The summed E-state index contributed by atoms with van der Waals surface area (Å²) in [6.07, 6.45) is 4.34. The lowest BCUT2D eigenvalue weighted by Gasteiger charge is -2.31. The highest BCUT2D eigenvalue weighted by atomic mass is 32.2. The maximum atomic E-state index is 12.3. The van der Waals surface area contributed by atoms with E-state index >= 15 is 0 Å². The van der Waals surface area contributed by atoms with Crippen LogP contribution in [-0.2, 0) is 6.54 Å². The molecule has 0 radical (unpaired) electrons. The predicted molar refractivity (Wildman–Crippen MR) is 110 cm³/mol. The molecule has 0 aliphatic carbocycles. The van der Waals surface area contributed by atoms with Gasteiger partial charge in [0.25, 0.3) is 5.56 Å². The van der Waals surface area contributed by atoms with Crippen molar-refractivity contribution in [3.63, 3.8) is 0 Å². The molecule has 1 aromatic carbocycles. The van der Waals surface area contributed by atoms with Gasteiger partial charge in [0.2, 0.25) is 0 Å². The number of nitrogens with one attached hydrogen (secondary N) is 1. The molecule has 1 aromatic heterocycles. The molecule has 0 unspecified atom stereocenters. The van der Waals surface area contributed by atoms with Gasteiger partial charge in [-0.3, -0.25) is 9.69 Å². The molecule has 1 aliphatic heterocycles. The number of nitrogens with zero attached hydrogens (tertiary/aromatic N) is 3. The largest absolute Gasteiger partial charge is 0.300 e. The number of rotatable bonds is 4. The molecule has 0 atom stereocenters. The molecule has 6 heteroatoms. The van der Waals surface area contributed by atoms with Crippen LogP contribution in [-0.4, -0.2) is 34.2 Å². The molecule has 27 heavy (non-hydrogen) atoms. The summed E-state index contributed by atoms with van der Waals surface area (Å²) in [6.45, 7) is 9.58. The summed E-state index contributed by atoms with van der Waals surface area (Å²) in [7, 11) is 0. The topological polar surface area (TPSA) is 72.8 Å². The van der Waals surface area contributed by atoms with E-state index in [0.29, 0.717) is 10.9 Å². The van der Waals surface area contributed by atoms with Crippen molar-refractivity contribution in [3.05, 3.63) is 44.7 Å². The van der Waals surface area contributed by atoms with E-state index < -0.39 is 0 Å². The van der Waals surface area contributed by atoms with E-state index in [9.17, 15) is 10.1 Å². The summed E-state index contributed by atoms with van der Waals surface area (Å²) in [4.78, 5) is 22.0. The van der Waals surface area contributed by atoms with Crippen molar-refractivity contribution in [2.75, 3.05) is 19.3 Å². The normalized spacial score (nSPS) is 15.7. The molecule has 5 nitrogen and oxygen atoms in total. The first-order valence-electron chi connectivity index (χ1n) is 9.34. The number of likely N-dealkylation sites (tertiary alicyclic amines) is 1. The van der Waals surface area contributed by atoms with Gasteiger partial charge in [0.1, 0.15) is 11.6 Å². The number of hydrogen-bond acceptors (Lipinski definition) is 5. The molecule has 3 rings (SSSR count). The van der Waals surface area contributed by atoms with Gasteiger partial charge in [0.15, 0.2) is 5.16 Å². The summed E-state index contributed by atoms with van der Waals surface area (Å²) in [5.74, 6) is 0.804. The average Bonchev–Trinajstić information content (AvgIpc) is 2.65. The fourth-order valence-electron chi connectivity index (χ4n) is 3.65. The Morgan fingerprint density at radius 3 is 2.67 bits per heavy atom. The SMILES string of the molecule is CSc1nc(-c2cc(C)cc(CN3CCC(C)CC3)c2C)c(C#N)c(=O)[nH]1. The number of thioether (sulfide) groups is 1. The summed E-state index contributed by atoms with van der Waals surface area (Å²) >= 11 is 1.37. The number of nitriles is 1. The summed E-state index contributed by atoms with van der Waals surface area (Å²) < 4.78 is 0. The molecule has 1 fully saturated rings. The fourth-order valence-corrected chi connectivity index (χ4v) is 4.03. The molecule has 1 aliphatic rings. The number of benzene rings is 1. The first-order valence-corrected chi connectivity index (χ1v) is 10.6. The highest BCUT2D eigenvalue weighted by Gasteiger charge is 2.20. The Morgan fingerprint density at radius 1 is 1.33 bits per heavy atom. The predicted octanol–water partition coefficient (Wildman–Crippen LogP) is 3.88. The minimum Gasteiger partial charge on any atom is -0.300 e. The molecule has 0 amide bonds. The number of aromatic nitrogens is 2. The van der Waals surface area contributed by atoms with Crippen LogP contribution in [0.2, 0.25) is 0 Å². The van der Waals surface area contributed by atoms with Crippen LogP contribution in [0, 0.1) is 31.1 Å². The molecule has 142 valence electrons. The number of hydrogen-bond donors (Lipinski definition) is 1. The lowest BCUT2D eigenvalue weighted by atomic mass is 9.93. The summed E-state index contributed by atoms with van der Waals surface area (Å²) in [5, 5.41) is 10.0. The van der Waals surface area contributed by atoms with E-state index in [-0.39, 0.29) is 11.1 Å². The summed E-state index contributed by atoms with van der Waals surface area (Å²) in [5.41, 5.74) is 4.54. The first-order chi connectivity index (χ1) is 12.9.